The molecule has 1 unspecified atom stereocenters. The first-order chi connectivity index (χ1) is 11.5. The Kier molecular flexibility index (Phi) is 4.52. The van der Waals surface area contributed by atoms with Crippen molar-refractivity contribution in [3.05, 3.63) is 48.0 Å². The minimum atomic E-state index is -0.180. The van der Waals surface area contributed by atoms with Crippen LogP contribution >= 0.6 is 0 Å². The van der Waals surface area contributed by atoms with E-state index >= 15 is 0 Å². The Morgan fingerprint density at radius 1 is 1.04 bits per heavy atom. The molecule has 128 valence electrons. The van der Waals surface area contributed by atoms with Gasteiger partial charge < -0.3 is 14.2 Å². The summed E-state index contributed by atoms with van der Waals surface area (Å²) < 4.78 is 17.4. The van der Waals surface area contributed by atoms with E-state index in [0.717, 1.165) is 22.4 Å². The summed E-state index contributed by atoms with van der Waals surface area (Å²) in [6.07, 6.45) is -0.180. The van der Waals surface area contributed by atoms with Crippen molar-refractivity contribution in [3.63, 3.8) is 0 Å². The van der Waals surface area contributed by atoms with Gasteiger partial charge in [0.05, 0.1) is 20.8 Å². The van der Waals surface area contributed by atoms with Gasteiger partial charge >= 0.3 is 0 Å². The van der Waals surface area contributed by atoms with Crippen LogP contribution in [-0.4, -0.2) is 38.3 Å². The predicted octanol–water partition coefficient (Wildman–Crippen LogP) is 4.11. The molecule has 1 fully saturated rings. The molecule has 4 nitrogen and oxygen atoms in total. The lowest BCUT2D eigenvalue weighted by Crippen LogP contribution is -2.38. The smallest absolute Gasteiger partial charge is 0.168 e. The van der Waals surface area contributed by atoms with Gasteiger partial charge in [0, 0.05) is 11.1 Å². The molecular weight excluding hydrogens is 302 g/mol. The Hall–Kier alpha value is -2.04. The van der Waals surface area contributed by atoms with Crippen LogP contribution in [0.15, 0.2) is 42.5 Å². The van der Waals surface area contributed by atoms with E-state index in [1.165, 1.54) is 0 Å². The van der Waals surface area contributed by atoms with Crippen LogP contribution in [-0.2, 0) is 4.74 Å². The first-order valence-electron chi connectivity index (χ1n) is 8.14. The highest BCUT2D eigenvalue weighted by atomic mass is 16.5. The molecule has 2 aromatic rings. The molecule has 0 amide bonds. The number of ether oxygens (including phenoxy) is 3. The molecule has 24 heavy (non-hydrogen) atoms. The maximum Gasteiger partial charge on any atom is 0.168 e. The molecule has 0 spiro atoms. The fourth-order valence-electron chi connectivity index (χ4n) is 3.16. The topological polar surface area (TPSA) is 30.9 Å². The molecular formula is C20H25NO3. The third-order valence-electron chi connectivity index (χ3n) is 4.82. The maximum absolute atomic E-state index is 6.16. The summed E-state index contributed by atoms with van der Waals surface area (Å²) in [5, 5.41) is 0. The van der Waals surface area contributed by atoms with Crippen LogP contribution in [0, 0.1) is 0 Å². The Bertz CT molecular complexity index is 712. The van der Waals surface area contributed by atoms with E-state index in [1.807, 2.05) is 24.3 Å². The highest BCUT2D eigenvalue weighted by Crippen LogP contribution is 2.47. The average molecular weight is 327 g/mol. The van der Waals surface area contributed by atoms with E-state index in [1.54, 1.807) is 14.2 Å². The number of rotatable bonds is 4. The summed E-state index contributed by atoms with van der Waals surface area (Å²) in [6.45, 7) is 5.03. The highest BCUT2D eigenvalue weighted by molar-refractivity contribution is 5.73. The lowest BCUT2D eigenvalue weighted by molar-refractivity contribution is 0.0381. The van der Waals surface area contributed by atoms with E-state index in [0.29, 0.717) is 12.4 Å². The fraction of sp³-hybridized carbons (Fsp3) is 0.400. The second-order valence-electron chi connectivity index (χ2n) is 6.72. The normalized spacial score (nSPS) is 20.1. The largest absolute Gasteiger partial charge is 0.493 e. The van der Waals surface area contributed by atoms with E-state index < -0.39 is 0 Å². The molecule has 0 N–H and O–H groups in total. The second kappa shape index (κ2) is 6.46. The predicted molar refractivity (Wildman–Crippen MR) is 95.5 cm³/mol. The Morgan fingerprint density at radius 3 is 2.29 bits per heavy atom. The zero-order chi connectivity index (χ0) is 17.3. The molecule has 2 aromatic carbocycles. The van der Waals surface area contributed by atoms with Gasteiger partial charge in [0.2, 0.25) is 0 Å². The van der Waals surface area contributed by atoms with Crippen LogP contribution in [0.2, 0.25) is 0 Å². The Balaban J connectivity index is 2.21. The molecule has 1 heterocycles. The van der Waals surface area contributed by atoms with Gasteiger partial charge in [0.15, 0.2) is 11.5 Å². The van der Waals surface area contributed by atoms with Crippen molar-refractivity contribution in [3.8, 4) is 22.6 Å². The van der Waals surface area contributed by atoms with Gasteiger partial charge in [-0.3, -0.25) is 4.90 Å². The summed E-state index contributed by atoms with van der Waals surface area (Å²) >= 11 is 0. The highest BCUT2D eigenvalue weighted by Gasteiger charge is 2.41. The van der Waals surface area contributed by atoms with Crippen LogP contribution < -0.4 is 9.47 Å². The quantitative estimate of drug-likeness (QED) is 0.845. The van der Waals surface area contributed by atoms with Crippen LogP contribution in [0.25, 0.3) is 11.1 Å². The summed E-state index contributed by atoms with van der Waals surface area (Å²) in [5.41, 5.74) is 3.21. The zero-order valence-electron chi connectivity index (χ0n) is 15.0. The standard InChI is InChI=1S/C20H25NO3/c1-20(2)13-24-19(21(20)3)17-15(14-9-7-6-8-10-14)11-12-16(22-4)18(17)23-5/h6-12,19H,13H2,1-5H3. The van der Waals surface area contributed by atoms with Crippen molar-refractivity contribution in [1.82, 2.24) is 4.90 Å². The van der Waals surface area contributed by atoms with Crippen LogP contribution in [0.3, 0.4) is 0 Å². The van der Waals surface area contributed by atoms with Crippen molar-refractivity contribution in [1.29, 1.82) is 0 Å². The third-order valence-corrected chi connectivity index (χ3v) is 4.82. The van der Waals surface area contributed by atoms with E-state index in [-0.39, 0.29) is 11.8 Å². The molecule has 0 aromatic heterocycles. The summed E-state index contributed by atoms with van der Waals surface area (Å²) in [7, 11) is 5.43. The second-order valence-corrected chi connectivity index (χ2v) is 6.72. The average Bonchev–Trinajstić information content (AvgIpc) is 2.87. The van der Waals surface area contributed by atoms with Gasteiger partial charge in [0.1, 0.15) is 6.23 Å². The number of hydrogen-bond donors (Lipinski definition) is 0. The molecule has 0 bridgehead atoms. The first kappa shape index (κ1) is 16.8. The SMILES string of the molecule is COc1ccc(-c2ccccc2)c(C2OCC(C)(C)N2C)c1OC. The number of methoxy groups -OCH3 is 2. The summed E-state index contributed by atoms with van der Waals surface area (Å²) in [5.74, 6) is 1.45. The Labute approximate surface area is 144 Å². The van der Waals surface area contributed by atoms with Gasteiger partial charge in [-0.05, 0) is 44.2 Å². The molecule has 1 atom stereocenters. The molecule has 1 saturated heterocycles. The van der Waals surface area contributed by atoms with Crippen molar-refractivity contribution in [2.45, 2.75) is 25.6 Å². The lowest BCUT2D eigenvalue weighted by Gasteiger charge is -2.31. The van der Waals surface area contributed by atoms with Gasteiger partial charge in [-0.2, -0.15) is 0 Å². The van der Waals surface area contributed by atoms with Gasteiger partial charge in [0.25, 0.3) is 0 Å². The van der Waals surface area contributed by atoms with Gasteiger partial charge in [-0.25, -0.2) is 0 Å². The molecule has 0 saturated carbocycles. The molecule has 3 rings (SSSR count). The van der Waals surface area contributed by atoms with E-state index in [4.69, 9.17) is 14.2 Å². The van der Waals surface area contributed by atoms with Crippen LogP contribution in [0.1, 0.15) is 25.6 Å². The third kappa shape index (κ3) is 2.76. The monoisotopic (exact) mass is 327 g/mol. The molecule has 0 radical (unpaired) electrons. The van der Waals surface area contributed by atoms with Crippen molar-refractivity contribution in [2.24, 2.45) is 0 Å². The number of nitrogens with zero attached hydrogens (tertiary/aromatic N) is 1. The minimum Gasteiger partial charge on any atom is -0.493 e. The molecule has 1 aliphatic heterocycles. The zero-order valence-corrected chi connectivity index (χ0v) is 15.0. The lowest BCUT2D eigenvalue weighted by atomic mass is 9.96. The van der Waals surface area contributed by atoms with Crippen molar-refractivity contribution < 1.29 is 14.2 Å². The number of benzene rings is 2. The van der Waals surface area contributed by atoms with E-state index in [2.05, 4.69) is 44.0 Å². The van der Waals surface area contributed by atoms with Gasteiger partial charge in [-0.15, -0.1) is 0 Å². The number of hydrogen-bond acceptors (Lipinski definition) is 4. The van der Waals surface area contributed by atoms with Crippen LogP contribution in [0.5, 0.6) is 11.5 Å². The minimum absolute atomic E-state index is 0.0350. The first-order valence-corrected chi connectivity index (χ1v) is 8.14. The molecule has 4 heteroatoms. The number of likely N-dealkylation sites (N-methyl/N-ethyl adjacent to an activating group) is 1. The van der Waals surface area contributed by atoms with E-state index in [9.17, 15) is 0 Å². The van der Waals surface area contributed by atoms with Crippen molar-refractivity contribution in [2.75, 3.05) is 27.9 Å². The molecule has 0 aliphatic carbocycles. The van der Waals surface area contributed by atoms with Crippen molar-refractivity contribution >= 4 is 0 Å². The Morgan fingerprint density at radius 2 is 1.75 bits per heavy atom. The van der Waals surface area contributed by atoms with Gasteiger partial charge in [-0.1, -0.05) is 30.3 Å². The fourth-order valence-corrected chi connectivity index (χ4v) is 3.16. The maximum atomic E-state index is 6.16. The summed E-state index contributed by atoms with van der Waals surface area (Å²) in [6, 6.07) is 14.3. The van der Waals surface area contributed by atoms with Crippen LogP contribution in [0.4, 0.5) is 0 Å². The summed E-state index contributed by atoms with van der Waals surface area (Å²) in [4.78, 5) is 2.25. The molecule has 1 aliphatic rings.